The summed E-state index contributed by atoms with van der Waals surface area (Å²) >= 11 is 0. The van der Waals surface area contributed by atoms with Crippen LogP contribution in [0.25, 0.3) is 0 Å². The summed E-state index contributed by atoms with van der Waals surface area (Å²) in [5, 5.41) is 3.90. The minimum atomic E-state index is -0.611. The zero-order valence-electron chi connectivity index (χ0n) is 12.3. The van der Waals surface area contributed by atoms with Crippen LogP contribution in [0.3, 0.4) is 0 Å². The predicted octanol–water partition coefficient (Wildman–Crippen LogP) is 3.19. The van der Waals surface area contributed by atoms with E-state index in [0.717, 1.165) is 0 Å². The van der Waals surface area contributed by atoms with Crippen LogP contribution in [0.1, 0.15) is 61.6 Å². The first-order valence-electron chi connectivity index (χ1n) is 6.38. The number of aromatic nitrogens is 2. The van der Waals surface area contributed by atoms with Gasteiger partial charge >= 0.3 is 5.97 Å². The zero-order chi connectivity index (χ0) is 14.9. The number of carbonyl (C=O) groups excluding carboxylic acids is 1. The third kappa shape index (κ3) is 2.89. The Morgan fingerprint density at radius 2 is 2.10 bits per heavy atom. The quantitative estimate of drug-likeness (QED) is 0.802. The second-order valence-corrected chi connectivity index (χ2v) is 5.64. The summed E-state index contributed by atoms with van der Waals surface area (Å²) < 4.78 is 15.5. The number of nitrogens with zero attached hydrogens (tertiary/aromatic N) is 2. The predicted molar refractivity (Wildman–Crippen MR) is 70.3 cm³/mol. The van der Waals surface area contributed by atoms with Gasteiger partial charge in [-0.1, -0.05) is 25.9 Å². The van der Waals surface area contributed by atoms with Gasteiger partial charge < -0.3 is 13.7 Å². The van der Waals surface area contributed by atoms with Crippen LogP contribution in [-0.2, 0) is 10.2 Å². The molecule has 0 radical (unpaired) electrons. The number of ether oxygens (including phenoxy) is 1. The van der Waals surface area contributed by atoms with Crippen LogP contribution in [-0.4, -0.2) is 16.1 Å². The average molecular weight is 278 g/mol. The molecular weight excluding hydrogens is 260 g/mol. The molecule has 0 spiro atoms. The van der Waals surface area contributed by atoms with E-state index < -0.39 is 12.1 Å². The molecule has 108 valence electrons. The first-order valence-corrected chi connectivity index (χ1v) is 6.38. The highest BCUT2D eigenvalue weighted by Gasteiger charge is 2.25. The van der Waals surface area contributed by atoms with Crippen LogP contribution in [0.15, 0.2) is 21.3 Å². The summed E-state index contributed by atoms with van der Waals surface area (Å²) in [6, 6.07) is 1.57. The molecule has 0 bridgehead atoms. The smallest absolute Gasteiger partial charge is 0.342 e. The highest BCUT2D eigenvalue weighted by Crippen LogP contribution is 2.23. The number of carbonyl (C=O) groups is 1. The lowest BCUT2D eigenvalue weighted by Gasteiger charge is -2.11. The zero-order valence-corrected chi connectivity index (χ0v) is 12.3. The summed E-state index contributed by atoms with van der Waals surface area (Å²) in [7, 11) is 0. The van der Waals surface area contributed by atoms with E-state index in [-0.39, 0.29) is 11.3 Å². The third-order valence-corrected chi connectivity index (χ3v) is 2.82. The molecule has 6 nitrogen and oxygen atoms in total. The van der Waals surface area contributed by atoms with Gasteiger partial charge in [0.05, 0.1) is 6.26 Å². The summed E-state index contributed by atoms with van der Waals surface area (Å²) in [4.78, 5) is 16.2. The maximum Gasteiger partial charge on any atom is 0.342 e. The van der Waals surface area contributed by atoms with Crippen molar-refractivity contribution in [1.82, 2.24) is 10.1 Å². The Balaban J connectivity index is 2.09. The molecule has 2 aromatic rings. The number of hydrogen-bond acceptors (Lipinski definition) is 6. The van der Waals surface area contributed by atoms with E-state index in [1.165, 1.54) is 6.26 Å². The molecule has 20 heavy (non-hydrogen) atoms. The van der Waals surface area contributed by atoms with Crippen LogP contribution in [0.2, 0.25) is 0 Å². The number of aryl methyl sites for hydroxylation is 1. The largest absolute Gasteiger partial charge is 0.469 e. The molecule has 0 aliphatic rings. The van der Waals surface area contributed by atoms with Crippen LogP contribution in [0.4, 0.5) is 0 Å². The van der Waals surface area contributed by atoms with Gasteiger partial charge in [-0.05, 0) is 19.9 Å². The Labute approximate surface area is 117 Å². The Kier molecular flexibility index (Phi) is 3.65. The van der Waals surface area contributed by atoms with Gasteiger partial charge in [-0.2, -0.15) is 4.98 Å². The highest BCUT2D eigenvalue weighted by atomic mass is 16.6. The van der Waals surface area contributed by atoms with Crippen molar-refractivity contribution in [3.63, 3.8) is 0 Å². The van der Waals surface area contributed by atoms with Crippen LogP contribution < -0.4 is 0 Å². The van der Waals surface area contributed by atoms with Gasteiger partial charge in [0.25, 0.3) is 5.89 Å². The van der Waals surface area contributed by atoms with Crippen molar-refractivity contribution in [2.45, 2.75) is 46.1 Å². The molecule has 0 saturated heterocycles. The summed E-state index contributed by atoms with van der Waals surface area (Å²) in [5.74, 6) is 0.904. The van der Waals surface area contributed by atoms with Crippen molar-refractivity contribution in [1.29, 1.82) is 0 Å². The standard InChI is InChI=1S/C14H18N2O4/c1-8-10(6-7-18-8)12(17)19-9(2)11-15-13(16-20-11)14(3,4)5/h6-7,9H,1-5H3/t9-/m0/s1. The molecule has 0 N–H and O–H groups in total. The number of rotatable bonds is 3. The topological polar surface area (TPSA) is 78.4 Å². The first kappa shape index (κ1) is 14.3. The average Bonchev–Trinajstić information content (AvgIpc) is 2.95. The molecule has 0 aromatic carbocycles. The van der Waals surface area contributed by atoms with Gasteiger partial charge in [-0.3, -0.25) is 0 Å². The van der Waals surface area contributed by atoms with Crippen molar-refractivity contribution in [3.05, 3.63) is 35.4 Å². The molecule has 0 saturated carbocycles. The van der Waals surface area contributed by atoms with Gasteiger partial charge in [0, 0.05) is 5.41 Å². The monoisotopic (exact) mass is 278 g/mol. The second kappa shape index (κ2) is 5.11. The van der Waals surface area contributed by atoms with Gasteiger partial charge in [-0.15, -0.1) is 0 Å². The van der Waals surface area contributed by atoms with Gasteiger partial charge in [-0.25, -0.2) is 4.79 Å². The van der Waals surface area contributed by atoms with E-state index in [1.807, 2.05) is 20.8 Å². The van der Waals surface area contributed by atoms with Crippen molar-refractivity contribution in [2.24, 2.45) is 0 Å². The van der Waals surface area contributed by atoms with E-state index in [9.17, 15) is 4.79 Å². The molecule has 0 aliphatic carbocycles. The molecule has 6 heteroatoms. The number of furan rings is 1. The summed E-state index contributed by atoms with van der Waals surface area (Å²) in [6.07, 6.45) is 0.835. The lowest BCUT2D eigenvalue weighted by Crippen LogP contribution is -2.14. The van der Waals surface area contributed by atoms with Crippen molar-refractivity contribution in [3.8, 4) is 0 Å². The molecule has 1 atom stereocenters. The molecule has 0 aliphatic heterocycles. The highest BCUT2D eigenvalue weighted by molar-refractivity contribution is 5.90. The molecule has 0 fully saturated rings. The maximum absolute atomic E-state index is 11.9. The van der Waals surface area contributed by atoms with Crippen LogP contribution in [0, 0.1) is 6.92 Å². The molecule has 0 unspecified atom stereocenters. The van der Waals surface area contributed by atoms with E-state index in [2.05, 4.69) is 10.1 Å². The summed E-state index contributed by atoms with van der Waals surface area (Å²) in [5.41, 5.74) is 0.180. The van der Waals surface area contributed by atoms with Gasteiger partial charge in [0.15, 0.2) is 11.9 Å². The molecule has 0 amide bonds. The number of hydrogen-bond donors (Lipinski definition) is 0. The molecule has 2 rings (SSSR count). The van der Waals surface area contributed by atoms with Gasteiger partial charge in [0.2, 0.25) is 0 Å². The van der Waals surface area contributed by atoms with Crippen molar-refractivity contribution >= 4 is 5.97 Å². The van der Waals surface area contributed by atoms with Crippen molar-refractivity contribution < 1.29 is 18.5 Å². The fraction of sp³-hybridized carbons (Fsp3) is 0.500. The Morgan fingerprint density at radius 1 is 1.40 bits per heavy atom. The third-order valence-electron chi connectivity index (χ3n) is 2.82. The number of esters is 1. The van der Waals surface area contributed by atoms with Gasteiger partial charge in [0.1, 0.15) is 11.3 Å². The lowest BCUT2D eigenvalue weighted by atomic mass is 9.96. The molecular formula is C14H18N2O4. The fourth-order valence-corrected chi connectivity index (χ4v) is 1.58. The maximum atomic E-state index is 11.9. The van der Waals surface area contributed by atoms with Crippen molar-refractivity contribution in [2.75, 3.05) is 0 Å². The molecule has 2 heterocycles. The fourth-order valence-electron chi connectivity index (χ4n) is 1.58. The Bertz CT molecular complexity index is 607. The van der Waals surface area contributed by atoms with E-state index in [1.54, 1.807) is 19.9 Å². The Morgan fingerprint density at radius 3 is 2.60 bits per heavy atom. The van der Waals surface area contributed by atoms with Crippen LogP contribution >= 0.6 is 0 Å². The van der Waals surface area contributed by atoms with E-state index >= 15 is 0 Å². The van der Waals surface area contributed by atoms with E-state index in [0.29, 0.717) is 17.1 Å². The van der Waals surface area contributed by atoms with E-state index in [4.69, 9.17) is 13.7 Å². The minimum Gasteiger partial charge on any atom is -0.469 e. The normalized spacial score (nSPS) is 13.2. The van der Waals surface area contributed by atoms with Crippen LogP contribution in [0.5, 0.6) is 0 Å². The SMILES string of the molecule is Cc1occc1C(=O)O[C@@H](C)c1nc(C(C)(C)C)no1. The first-order chi connectivity index (χ1) is 9.29. The Hall–Kier alpha value is -2.11. The molecule has 2 aromatic heterocycles. The summed E-state index contributed by atoms with van der Waals surface area (Å²) in [6.45, 7) is 9.33. The lowest BCUT2D eigenvalue weighted by molar-refractivity contribution is 0.0263. The minimum absolute atomic E-state index is 0.216. The second-order valence-electron chi connectivity index (χ2n) is 5.64.